The number of thioether (sulfide) groups is 1. The van der Waals surface area contributed by atoms with Crippen molar-refractivity contribution in [2.45, 2.75) is 45.1 Å². The van der Waals surface area contributed by atoms with Crippen LogP contribution in [0, 0.1) is 5.41 Å². The van der Waals surface area contributed by atoms with Gasteiger partial charge in [0.15, 0.2) is 5.54 Å². The minimum Gasteiger partial charge on any atom is -0.479 e. The van der Waals surface area contributed by atoms with Crippen LogP contribution in [0.5, 0.6) is 0 Å². The summed E-state index contributed by atoms with van der Waals surface area (Å²) in [5.41, 5.74) is 2.79. The second-order valence-corrected chi connectivity index (χ2v) is 10.4. The van der Waals surface area contributed by atoms with Crippen LogP contribution in [0.15, 0.2) is 48.5 Å². The molecular weight excluding hydrogens is 422 g/mol. The molecular formula is C26H31NO4S. The van der Waals surface area contributed by atoms with Crippen molar-refractivity contribution in [1.82, 2.24) is 4.90 Å². The molecule has 2 aromatic rings. The molecule has 1 N–H and O–H groups in total. The molecule has 1 heterocycles. The highest BCUT2D eigenvalue weighted by Gasteiger charge is 2.58. The number of fused-ring (bicyclic) bond motifs is 3. The summed E-state index contributed by atoms with van der Waals surface area (Å²) in [4.78, 5) is 27.6. The Bertz CT molecular complexity index is 975. The molecule has 2 aliphatic rings. The molecule has 1 aliphatic carbocycles. The first-order valence-corrected chi connectivity index (χ1v) is 12.4. The van der Waals surface area contributed by atoms with Gasteiger partial charge in [-0.1, -0.05) is 69.3 Å². The molecule has 170 valence electrons. The number of hydrogen-bond donors (Lipinski definition) is 1. The van der Waals surface area contributed by atoms with Crippen LogP contribution in [0.2, 0.25) is 0 Å². The Hall–Kier alpha value is -2.47. The molecule has 0 bridgehead atoms. The number of carboxylic acid groups (broad SMARTS) is 1. The number of carboxylic acids is 1. The maximum absolute atomic E-state index is 13.4. The minimum absolute atomic E-state index is 0.0515. The van der Waals surface area contributed by atoms with E-state index in [0.717, 1.165) is 23.3 Å². The van der Waals surface area contributed by atoms with Gasteiger partial charge in [-0.15, -0.1) is 0 Å². The average Bonchev–Trinajstić information content (AvgIpc) is 3.09. The lowest BCUT2D eigenvalue weighted by molar-refractivity contribution is -0.158. The van der Waals surface area contributed by atoms with Crippen LogP contribution in [0.25, 0.3) is 11.1 Å². The number of carbonyl (C=O) groups is 2. The van der Waals surface area contributed by atoms with Gasteiger partial charge in [0.05, 0.1) is 0 Å². The second-order valence-electron chi connectivity index (χ2n) is 9.31. The number of amides is 1. The van der Waals surface area contributed by atoms with E-state index in [1.165, 1.54) is 16.0 Å². The van der Waals surface area contributed by atoms with Crippen LogP contribution in [0.1, 0.15) is 50.7 Å². The van der Waals surface area contributed by atoms with E-state index in [2.05, 4.69) is 24.3 Å². The standard InChI is InChI=1S/C26H31NO4S/c1-4-14-27(26(23(28)29)17-32-15-13-25(26,2)3)24(30)31-16-22-20-11-7-5-9-18(20)19-10-6-8-12-21(19)22/h5-12,22H,4,13-17H2,1-3H3,(H,28,29). The van der Waals surface area contributed by atoms with Crippen LogP contribution >= 0.6 is 11.8 Å². The predicted molar refractivity (Wildman–Crippen MR) is 128 cm³/mol. The van der Waals surface area contributed by atoms with Gasteiger partial charge in [-0.2, -0.15) is 11.8 Å². The first kappa shape index (κ1) is 22.7. The SMILES string of the molecule is CCCN(C(=O)OCC1c2ccccc2-c2ccccc21)C1(C(=O)O)CSCCC1(C)C. The van der Waals surface area contributed by atoms with Gasteiger partial charge in [-0.25, -0.2) is 9.59 Å². The monoisotopic (exact) mass is 453 g/mol. The molecule has 0 spiro atoms. The third kappa shape index (κ3) is 3.58. The summed E-state index contributed by atoms with van der Waals surface area (Å²) in [6.07, 6.45) is 0.868. The maximum Gasteiger partial charge on any atom is 0.410 e. The fraction of sp³-hybridized carbons (Fsp3) is 0.462. The van der Waals surface area contributed by atoms with Crippen molar-refractivity contribution in [2.24, 2.45) is 5.41 Å². The van der Waals surface area contributed by atoms with E-state index in [0.29, 0.717) is 18.7 Å². The highest BCUT2D eigenvalue weighted by Crippen LogP contribution is 2.47. The minimum atomic E-state index is -1.28. The van der Waals surface area contributed by atoms with Gasteiger partial charge in [-0.3, -0.25) is 4.90 Å². The zero-order valence-electron chi connectivity index (χ0n) is 19.0. The fourth-order valence-electron chi connectivity index (χ4n) is 5.19. The Morgan fingerprint density at radius 1 is 1.09 bits per heavy atom. The van der Waals surface area contributed by atoms with Crippen molar-refractivity contribution in [3.63, 3.8) is 0 Å². The summed E-state index contributed by atoms with van der Waals surface area (Å²) in [7, 11) is 0. The predicted octanol–water partition coefficient (Wildman–Crippen LogP) is 5.63. The van der Waals surface area contributed by atoms with Crippen LogP contribution in [0.4, 0.5) is 4.79 Å². The van der Waals surface area contributed by atoms with E-state index in [9.17, 15) is 14.7 Å². The lowest BCUT2D eigenvalue weighted by Crippen LogP contribution is -2.68. The first-order valence-electron chi connectivity index (χ1n) is 11.3. The van der Waals surface area contributed by atoms with Gasteiger partial charge < -0.3 is 9.84 Å². The van der Waals surface area contributed by atoms with Crippen molar-refractivity contribution in [2.75, 3.05) is 24.7 Å². The molecule has 0 radical (unpaired) electrons. The van der Waals surface area contributed by atoms with Gasteiger partial charge in [0.2, 0.25) is 0 Å². The lowest BCUT2D eigenvalue weighted by Gasteiger charge is -2.52. The van der Waals surface area contributed by atoms with Gasteiger partial charge in [0.25, 0.3) is 0 Å². The molecule has 1 saturated heterocycles. The Morgan fingerprint density at radius 2 is 1.69 bits per heavy atom. The topological polar surface area (TPSA) is 66.8 Å². The van der Waals surface area contributed by atoms with Crippen LogP contribution in [-0.2, 0) is 9.53 Å². The smallest absolute Gasteiger partial charge is 0.410 e. The summed E-state index contributed by atoms with van der Waals surface area (Å²) in [5, 5.41) is 10.3. The average molecular weight is 454 g/mol. The normalized spacial score (nSPS) is 21.5. The summed E-state index contributed by atoms with van der Waals surface area (Å²) < 4.78 is 5.89. The molecule has 6 heteroatoms. The van der Waals surface area contributed by atoms with Crippen molar-refractivity contribution in [1.29, 1.82) is 0 Å². The van der Waals surface area contributed by atoms with E-state index < -0.39 is 23.0 Å². The summed E-state index contributed by atoms with van der Waals surface area (Å²) in [5.74, 6) is 0.271. The molecule has 1 atom stereocenters. The van der Waals surface area contributed by atoms with Crippen molar-refractivity contribution in [3.05, 3.63) is 59.7 Å². The summed E-state index contributed by atoms with van der Waals surface area (Å²) >= 11 is 1.60. The Morgan fingerprint density at radius 3 is 2.22 bits per heavy atom. The van der Waals surface area contributed by atoms with Crippen molar-refractivity contribution >= 4 is 23.8 Å². The van der Waals surface area contributed by atoms with E-state index in [-0.39, 0.29) is 12.5 Å². The second kappa shape index (κ2) is 8.81. The van der Waals surface area contributed by atoms with Crippen LogP contribution in [-0.4, -0.2) is 52.3 Å². The molecule has 1 aliphatic heterocycles. The summed E-state index contributed by atoms with van der Waals surface area (Å²) in [6.45, 7) is 6.42. The molecule has 32 heavy (non-hydrogen) atoms. The molecule has 2 aromatic carbocycles. The van der Waals surface area contributed by atoms with E-state index >= 15 is 0 Å². The van der Waals surface area contributed by atoms with E-state index in [1.54, 1.807) is 11.8 Å². The number of ether oxygens (including phenoxy) is 1. The third-order valence-electron chi connectivity index (χ3n) is 7.12. The molecule has 5 nitrogen and oxygen atoms in total. The van der Waals surface area contributed by atoms with Gasteiger partial charge >= 0.3 is 12.1 Å². The van der Waals surface area contributed by atoms with E-state index in [4.69, 9.17) is 4.74 Å². The fourth-order valence-corrected chi connectivity index (χ4v) is 6.96. The van der Waals surface area contributed by atoms with Gasteiger partial charge in [0.1, 0.15) is 6.61 Å². The Balaban J connectivity index is 1.62. The quantitative estimate of drug-likeness (QED) is 0.614. The van der Waals surface area contributed by atoms with Crippen LogP contribution < -0.4 is 0 Å². The molecule has 1 fully saturated rings. The maximum atomic E-state index is 13.4. The number of aliphatic carboxylic acids is 1. The highest BCUT2D eigenvalue weighted by atomic mass is 32.2. The lowest BCUT2D eigenvalue weighted by atomic mass is 9.69. The zero-order chi connectivity index (χ0) is 22.9. The largest absolute Gasteiger partial charge is 0.479 e. The molecule has 0 saturated carbocycles. The highest BCUT2D eigenvalue weighted by molar-refractivity contribution is 7.99. The number of benzene rings is 2. The molecule has 4 rings (SSSR count). The zero-order valence-corrected chi connectivity index (χ0v) is 19.8. The number of hydrogen-bond acceptors (Lipinski definition) is 4. The summed E-state index contributed by atoms with van der Waals surface area (Å²) in [6, 6.07) is 16.4. The first-order chi connectivity index (χ1) is 15.3. The molecule has 0 aromatic heterocycles. The van der Waals surface area contributed by atoms with E-state index in [1.807, 2.05) is 45.0 Å². The molecule has 1 unspecified atom stereocenters. The number of carbonyl (C=O) groups excluding carboxylic acids is 1. The Kier molecular flexibility index (Phi) is 6.26. The number of nitrogens with zero attached hydrogens (tertiary/aromatic N) is 1. The van der Waals surface area contributed by atoms with Crippen molar-refractivity contribution in [3.8, 4) is 11.1 Å². The van der Waals surface area contributed by atoms with Gasteiger partial charge in [0, 0.05) is 23.6 Å². The number of rotatable bonds is 6. The van der Waals surface area contributed by atoms with Crippen LogP contribution in [0.3, 0.4) is 0 Å². The Labute approximate surface area is 194 Å². The molecule has 1 amide bonds. The van der Waals surface area contributed by atoms with Crippen molar-refractivity contribution < 1.29 is 19.4 Å². The third-order valence-corrected chi connectivity index (χ3v) is 8.23. The van der Waals surface area contributed by atoms with Gasteiger partial charge in [-0.05, 0) is 40.8 Å².